The van der Waals surface area contributed by atoms with Gasteiger partial charge in [0.1, 0.15) is 5.75 Å². The Labute approximate surface area is 111 Å². The Morgan fingerprint density at radius 2 is 1.89 bits per heavy atom. The molecule has 1 saturated carbocycles. The van der Waals surface area contributed by atoms with Gasteiger partial charge in [-0.1, -0.05) is 37.5 Å². The summed E-state index contributed by atoms with van der Waals surface area (Å²) in [5, 5.41) is 3.49. The molecule has 1 aromatic rings. The number of nitrogens with one attached hydrogen (secondary N) is 1. The molecule has 0 aliphatic heterocycles. The van der Waals surface area contributed by atoms with Crippen LogP contribution in [0, 0.1) is 5.92 Å². The molecule has 0 saturated heterocycles. The molecule has 0 bridgehead atoms. The summed E-state index contributed by atoms with van der Waals surface area (Å²) in [5.41, 5.74) is 0. The van der Waals surface area contributed by atoms with E-state index in [-0.39, 0.29) is 0 Å². The van der Waals surface area contributed by atoms with Crippen molar-refractivity contribution in [2.45, 2.75) is 44.6 Å². The van der Waals surface area contributed by atoms with E-state index in [4.69, 9.17) is 4.74 Å². The molecule has 2 rings (SSSR count). The molecular formula is C16H25NO. The predicted octanol–water partition coefficient (Wildman–Crippen LogP) is 3.62. The van der Waals surface area contributed by atoms with Gasteiger partial charge in [0, 0.05) is 6.04 Å². The van der Waals surface area contributed by atoms with Crippen molar-refractivity contribution in [3.63, 3.8) is 0 Å². The van der Waals surface area contributed by atoms with Gasteiger partial charge in [-0.2, -0.15) is 0 Å². The molecule has 0 aromatic heterocycles. The summed E-state index contributed by atoms with van der Waals surface area (Å²) in [7, 11) is 2.10. The second kappa shape index (κ2) is 7.42. The van der Waals surface area contributed by atoms with Crippen molar-refractivity contribution < 1.29 is 4.74 Å². The molecule has 1 N–H and O–H groups in total. The zero-order valence-corrected chi connectivity index (χ0v) is 11.4. The first kappa shape index (κ1) is 13.4. The van der Waals surface area contributed by atoms with Crippen molar-refractivity contribution in [3.8, 4) is 5.75 Å². The molecule has 2 atom stereocenters. The van der Waals surface area contributed by atoms with Crippen molar-refractivity contribution in [2.75, 3.05) is 13.7 Å². The summed E-state index contributed by atoms with van der Waals surface area (Å²) < 4.78 is 5.81. The number of hydrogen-bond acceptors (Lipinski definition) is 2. The fourth-order valence-electron chi connectivity index (χ4n) is 2.95. The van der Waals surface area contributed by atoms with Crippen LogP contribution >= 0.6 is 0 Å². The van der Waals surface area contributed by atoms with Gasteiger partial charge in [0.15, 0.2) is 0 Å². The third-order valence-electron chi connectivity index (χ3n) is 4.03. The second-order valence-corrected chi connectivity index (χ2v) is 5.24. The highest BCUT2D eigenvalue weighted by atomic mass is 16.5. The van der Waals surface area contributed by atoms with E-state index in [1.165, 1.54) is 38.5 Å². The van der Waals surface area contributed by atoms with Crippen molar-refractivity contribution in [3.05, 3.63) is 30.3 Å². The number of benzene rings is 1. The van der Waals surface area contributed by atoms with Gasteiger partial charge in [-0.15, -0.1) is 0 Å². The number of rotatable bonds is 5. The number of hydrogen-bond donors (Lipinski definition) is 1. The highest BCUT2D eigenvalue weighted by Crippen LogP contribution is 2.26. The first-order valence-corrected chi connectivity index (χ1v) is 7.25. The molecule has 1 aromatic carbocycles. The monoisotopic (exact) mass is 247 g/mol. The van der Waals surface area contributed by atoms with Gasteiger partial charge in [0.2, 0.25) is 0 Å². The van der Waals surface area contributed by atoms with E-state index < -0.39 is 0 Å². The van der Waals surface area contributed by atoms with E-state index in [1.807, 2.05) is 30.3 Å². The van der Waals surface area contributed by atoms with Crippen molar-refractivity contribution in [1.29, 1.82) is 0 Å². The first-order valence-electron chi connectivity index (χ1n) is 7.25. The molecule has 1 aliphatic carbocycles. The standard InChI is InChI=1S/C16H25NO/c1-17-16-11-7-2-4-8-14(16)12-13-18-15-9-5-3-6-10-15/h3,5-6,9-10,14,16-17H,2,4,7-8,11-13H2,1H3. The van der Waals surface area contributed by atoms with Crippen LogP contribution in [0.1, 0.15) is 38.5 Å². The molecule has 1 aliphatic rings. The fraction of sp³-hybridized carbons (Fsp3) is 0.625. The van der Waals surface area contributed by atoms with Crippen LogP contribution < -0.4 is 10.1 Å². The van der Waals surface area contributed by atoms with Gasteiger partial charge >= 0.3 is 0 Å². The molecule has 1 fully saturated rings. The molecule has 2 heteroatoms. The summed E-state index contributed by atoms with van der Waals surface area (Å²) in [4.78, 5) is 0. The van der Waals surface area contributed by atoms with Crippen molar-refractivity contribution in [1.82, 2.24) is 5.32 Å². The van der Waals surface area contributed by atoms with Crippen LogP contribution in [0.25, 0.3) is 0 Å². The van der Waals surface area contributed by atoms with Crippen LogP contribution in [-0.4, -0.2) is 19.7 Å². The highest BCUT2D eigenvalue weighted by Gasteiger charge is 2.21. The SMILES string of the molecule is CNC1CCCCCC1CCOc1ccccc1. The summed E-state index contributed by atoms with van der Waals surface area (Å²) >= 11 is 0. The average Bonchev–Trinajstić information content (AvgIpc) is 2.65. The minimum Gasteiger partial charge on any atom is -0.494 e. The summed E-state index contributed by atoms with van der Waals surface area (Å²) in [6.07, 6.45) is 8.00. The molecule has 100 valence electrons. The maximum atomic E-state index is 5.81. The van der Waals surface area contributed by atoms with E-state index in [9.17, 15) is 0 Å². The van der Waals surface area contributed by atoms with E-state index in [2.05, 4.69) is 12.4 Å². The molecule has 0 heterocycles. The first-order chi connectivity index (χ1) is 8.90. The van der Waals surface area contributed by atoms with E-state index in [0.29, 0.717) is 6.04 Å². The van der Waals surface area contributed by atoms with Crippen LogP contribution in [0.4, 0.5) is 0 Å². The highest BCUT2D eigenvalue weighted by molar-refractivity contribution is 5.20. The Kier molecular flexibility index (Phi) is 5.53. The normalized spacial score (nSPS) is 24.5. The van der Waals surface area contributed by atoms with Gasteiger partial charge in [-0.25, -0.2) is 0 Å². The molecule has 2 unspecified atom stereocenters. The van der Waals surface area contributed by atoms with Crippen molar-refractivity contribution >= 4 is 0 Å². The molecule has 0 radical (unpaired) electrons. The maximum Gasteiger partial charge on any atom is 0.119 e. The number of ether oxygens (including phenoxy) is 1. The maximum absolute atomic E-state index is 5.81. The van der Waals surface area contributed by atoms with Gasteiger partial charge in [-0.05, 0) is 44.4 Å². The van der Waals surface area contributed by atoms with Gasteiger partial charge in [0.25, 0.3) is 0 Å². The van der Waals surface area contributed by atoms with Gasteiger partial charge in [0.05, 0.1) is 6.61 Å². The smallest absolute Gasteiger partial charge is 0.119 e. The molecular weight excluding hydrogens is 222 g/mol. The Morgan fingerprint density at radius 3 is 2.67 bits per heavy atom. The quantitative estimate of drug-likeness (QED) is 0.802. The van der Waals surface area contributed by atoms with Crippen molar-refractivity contribution in [2.24, 2.45) is 5.92 Å². The third kappa shape index (κ3) is 4.02. The lowest BCUT2D eigenvalue weighted by atomic mass is 9.92. The van der Waals surface area contributed by atoms with E-state index in [0.717, 1.165) is 18.3 Å². The van der Waals surface area contributed by atoms with Crippen LogP contribution in [0.3, 0.4) is 0 Å². The summed E-state index contributed by atoms with van der Waals surface area (Å²) in [6, 6.07) is 10.8. The van der Waals surface area contributed by atoms with Gasteiger partial charge < -0.3 is 10.1 Å². The summed E-state index contributed by atoms with van der Waals surface area (Å²) in [5.74, 6) is 1.77. The lowest BCUT2D eigenvalue weighted by Crippen LogP contribution is -2.33. The number of para-hydroxylation sites is 1. The zero-order valence-electron chi connectivity index (χ0n) is 11.4. The lowest BCUT2D eigenvalue weighted by molar-refractivity contribution is 0.242. The minimum atomic E-state index is 0.687. The Balaban J connectivity index is 1.77. The third-order valence-corrected chi connectivity index (χ3v) is 4.03. The van der Waals surface area contributed by atoms with Crippen LogP contribution in [0.2, 0.25) is 0 Å². The average molecular weight is 247 g/mol. The van der Waals surface area contributed by atoms with Crippen LogP contribution in [-0.2, 0) is 0 Å². The van der Waals surface area contributed by atoms with Crippen LogP contribution in [0.15, 0.2) is 30.3 Å². The molecule has 2 nitrogen and oxygen atoms in total. The lowest BCUT2D eigenvalue weighted by Gasteiger charge is -2.24. The van der Waals surface area contributed by atoms with Gasteiger partial charge in [-0.3, -0.25) is 0 Å². The largest absolute Gasteiger partial charge is 0.494 e. The topological polar surface area (TPSA) is 21.3 Å². The fourth-order valence-corrected chi connectivity index (χ4v) is 2.95. The molecule has 18 heavy (non-hydrogen) atoms. The molecule has 0 amide bonds. The summed E-state index contributed by atoms with van der Waals surface area (Å²) in [6.45, 7) is 0.840. The Morgan fingerprint density at radius 1 is 1.11 bits per heavy atom. The van der Waals surface area contributed by atoms with E-state index >= 15 is 0 Å². The van der Waals surface area contributed by atoms with Crippen LogP contribution in [0.5, 0.6) is 5.75 Å². The Hall–Kier alpha value is -1.02. The minimum absolute atomic E-state index is 0.687. The van der Waals surface area contributed by atoms with E-state index in [1.54, 1.807) is 0 Å². The zero-order chi connectivity index (χ0) is 12.6. The second-order valence-electron chi connectivity index (χ2n) is 5.24. The predicted molar refractivity (Wildman–Crippen MR) is 76.0 cm³/mol. The Bertz CT molecular complexity index is 325. The molecule has 0 spiro atoms.